The lowest BCUT2D eigenvalue weighted by molar-refractivity contribution is 0.458. The molecule has 0 saturated carbocycles. The average Bonchev–Trinajstić information content (AvgIpc) is 2.80. The maximum atomic E-state index is 5.16. The number of hydrogen-bond acceptors (Lipinski definition) is 3. The third-order valence-electron chi connectivity index (χ3n) is 2.44. The van der Waals surface area contributed by atoms with E-state index in [1.165, 1.54) is 12.0 Å². The van der Waals surface area contributed by atoms with E-state index in [1.807, 2.05) is 12.1 Å². The average molecular weight is 281 g/mol. The zero-order valence-electron chi connectivity index (χ0n) is 8.98. The van der Waals surface area contributed by atoms with E-state index >= 15 is 0 Å². The van der Waals surface area contributed by atoms with E-state index in [-0.39, 0.29) is 0 Å². The highest BCUT2D eigenvalue weighted by Crippen LogP contribution is 2.16. The summed E-state index contributed by atoms with van der Waals surface area (Å²) in [5, 5.41) is 3.37. The number of halogens is 1. The van der Waals surface area contributed by atoms with E-state index in [0.29, 0.717) is 12.6 Å². The predicted octanol–water partition coefficient (Wildman–Crippen LogP) is 3.29. The van der Waals surface area contributed by atoms with Crippen molar-refractivity contribution in [3.05, 3.63) is 52.7 Å². The molecule has 0 aliphatic rings. The quantitative estimate of drug-likeness (QED) is 0.934. The first-order chi connectivity index (χ1) is 7.75. The van der Waals surface area contributed by atoms with Crippen molar-refractivity contribution < 1.29 is 4.42 Å². The summed E-state index contributed by atoms with van der Waals surface area (Å²) < 4.78 is 6.25. The molecule has 0 bridgehead atoms. The van der Waals surface area contributed by atoms with Crippen LogP contribution in [-0.4, -0.2) is 4.98 Å². The Bertz CT molecular complexity index is 425. The van der Waals surface area contributed by atoms with Crippen molar-refractivity contribution in [3.63, 3.8) is 0 Å². The minimum Gasteiger partial charge on any atom is -0.447 e. The molecule has 0 saturated heterocycles. The van der Waals surface area contributed by atoms with E-state index in [1.54, 1.807) is 6.20 Å². The SMILES string of the molecule is C[C@H](NCc1cnco1)c1ccc(Br)cc1. The van der Waals surface area contributed by atoms with Gasteiger partial charge in [0.25, 0.3) is 0 Å². The van der Waals surface area contributed by atoms with Crippen molar-refractivity contribution in [1.82, 2.24) is 10.3 Å². The van der Waals surface area contributed by atoms with Crippen molar-refractivity contribution in [2.45, 2.75) is 19.5 Å². The summed E-state index contributed by atoms with van der Waals surface area (Å²) in [4.78, 5) is 3.87. The molecule has 1 N–H and O–H groups in total. The summed E-state index contributed by atoms with van der Waals surface area (Å²) in [5.41, 5.74) is 1.25. The number of aromatic nitrogens is 1. The number of benzene rings is 1. The number of oxazole rings is 1. The van der Waals surface area contributed by atoms with Crippen LogP contribution in [0.2, 0.25) is 0 Å². The second-order valence-electron chi connectivity index (χ2n) is 3.62. The molecule has 1 atom stereocenters. The van der Waals surface area contributed by atoms with Crippen LogP contribution in [0.25, 0.3) is 0 Å². The molecule has 16 heavy (non-hydrogen) atoms. The lowest BCUT2D eigenvalue weighted by Crippen LogP contribution is -2.17. The van der Waals surface area contributed by atoms with Crippen LogP contribution in [0.5, 0.6) is 0 Å². The van der Waals surface area contributed by atoms with Gasteiger partial charge in [0.2, 0.25) is 0 Å². The van der Waals surface area contributed by atoms with E-state index in [9.17, 15) is 0 Å². The maximum absolute atomic E-state index is 5.16. The molecule has 2 aromatic rings. The molecule has 1 heterocycles. The van der Waals surface area contributed by atoms with Crippen LogP contribution in [0.4, 0.5) is 0 Å². The van der Waals surface area contributed by atoms with E-state index in [2.05, 4.69) is 45.3 Å². The van der Waals surface area contributed by atoms with Gasteiger partial charge in [0.05, 0.1) is 12.7 Å². The zero-order chi connectivity index (χ0) is 11.4. The van der Waals surface area contributed by atoms with Crippen LogP contribution in [0.1, 0.15) is 24.3 Å². The number of nitrogens with zero attached hydrogens (tertiary/aromatic N) is 1. The Morgan fingerprint density at radius 1 is 1.38 bits per heavy atom. The molecule has 2 rings (SSSR count). The number of nitrogens with one attached hydrogen (secondary N) is 1. The van der Waals surface area contributed by atoms with Crippen LogP contribution < -0.4 is 5.32 Å². The molecule has 0 radical (unpaired) electrons. The van der Waals surface area contributed by atoms with Crippen LogP contribution in [0.15, 0.2) is 45.7 Å². The Morgan fingerprint density at radius 3 is 2.75 bits per heavy atom. The van der Waals surface area contributed by atoms with Gasteiger partial charge in [-0.2, -0.15) is 0 Å². The Hall–Kier alpha value is -1.13. The number of rotatable bonds is 4. The summed E-state index contributed by atoms with van der Waals surface area (Å²) in [6.45, 7) is 2.82. The second kappa shape index (κ2) is 5.27. The first kappa shape index (κ1) is 11.4. The first-order valence-corrected chi connectivity index (χ1v) is 5.91. The van der Waals surface area contributed by atoms with Crippen LogP contribution in [0.3, 0.4) is 0 Å². The monoisotopic (exact) mass is 280 g/mol. The summed E-state index contributed by atoms with van der Waals surface area (Å²) in [7, 11) is 0. The van der Waals surface area contributed by atoms with Crippen LogP contribution >= 0.6 is 15.9 Å². The minimum absolute atomic E-state index is 0.290. The molecule has 1 aromatic carbocycles. The molecule has 0 aliphatic heterocycles. The molecular weight excluding hydrogens is 268 g/mol. The van der Waals surface area contributed by atoms with E-state index in [4.69, 9.17) is 4.42 Å². The maximum Gasteiger partial charge on any atom is 0.180 e. The van der Waals surface area contributed by atoms with Gasteiger partial charge in [-0.1, -0.05) is 28.1 Å². The van der Waals surface area contributed by atoms with E-state index < -0.39 is 0 Å². The normalized spacial score (nSPS) is 12.6. The summed E-state index contributed by atoms with van der Waals surface area (Å²) in [5.74, 6) is 0.851. The molecule has 0 aliphatic carbocycles. The van der Waals surface area contributed by atoms with Gasteiger partial charge in [-0.3, -0.25) is 0 Å². The minimum atomic E-state index is 0.290. The lowest BCUT2D eigenvalue weighted by atomic mass is 10.1. The zero-order valence-corrected chi connectivity index (χ0v) is 10.6. The highest BCUT2D eigenvalue weighted by molar-refractivity contribution is 9.10. The summed E-state index contributed by atoms with van der Waals surface area (Å²) in [6, 6.07) is 8.58. The first-order valence-electron chi connectivity index (χ1n) is 5.12. The van der Waals surface area contributed by atoms with Crippen LogP contribution in [0, 0.1) is 0 Å². The van der Waals surface area contributed by atoms with E-state index in [0.717, 1.165) is 10.2 Å². The molecule has 0 fully saturated rings. The van der Waals surface area contributed by atoms with Gasteiger partial charge in [0.15, 0.2) is 6.39 Å². The van der Waals surface area contributed by atoms with Crippen molar-refractivity contribution in [2.75, 3.05) is 0 Å². The molecule has 1 aromatic heterocycles. The molecular formula is C12H13BrN2O. The Labute approximate surface area is 103 Å². The third-order valence-corrected chi connectivity index (χ3v) is 2.96. The second-order valence-corrected chi connectivity index (χ2v) is 4.54. The lowest BCUT2D eigenvalue weighted by Gasteiger charge is -2.13. The fourth-order valence-corrected chi connectivity index (χ4v) is 1.72. The summed E-state index contributed by atoms with van der Waals surface area (Å²) in [6.07, 6.45) is 3.17. The molecule has 3 nitrogen and oxygen atoms in total. The smallest absolute Gasteiger partial charge is 0.180 e. The van der Waals surface area contributed by atoms with Gasteiger partial charge in [0, 0.05) is 10.5 Å². The van der Waals surface area contributed by atoms with Gasteiger partial charge in [-0.15, -0.1) is 0 Å². The van der Waals surface area contributed by atoms with Gasteiger partial charge in [0.1, 0.15) is 5.76 Å². The van der Waals surface area contributed by atoms with Gasteiger partial charge < -0.3 is 9.73 Å². The fraction of sp³-hybridized carbons (Fsp3) is 0.250. The van der Waals surface area contributed by atoms with Crippen molar-refractivity contribution in [1.29, 1.82) is 0 Å². The molecule has 0 spiro atoms. The van der Waals surface area contributed by atoms with Gasteiger partial charge in [-0.25, -0.2) is 4.98 Å². The highest BCUT2D eigenvalue weighted by Gasteiger charge is 2.05. The summed E-state index contributed by atoms with van der Waals surface area (Å²) >= 11 is 3.42. The van der Waals surface area contributed by atoms with Crippen molar-refractivity contribution in [2.24, 2.45) is 0 Å². The molecule has 4 heteroatoms. The Kier molecular flexibility index (Phi) is 3.74. The molecule has 0 amide bonds. The number of hydrogen-bond donors (Lipinski definition) is 1. The van der Waals surface area contributed by atoms with Crippen molar-refractivity contribution >= 4 is 15.9 Å². The Morgan fingerprint density at radius 2 is 2.12 bits per heavy atom. The van der Waals surface area contributed by atoms with Gasteiger partial charge >= 0.3 is 0 Å². The van der Waals surface area contributed by atoms with Gasteiger partial charge in [-0.05, 0) is 24.6 Å². The standard InChI is InChI=1S/C12H13BrN2O/c1-9(10-2-4-11(13)5-3-10)15-7-12-6-14-8-16-12/h2-6,8-9,15H,7H2,1H3/t9-/m0/s1. The predicted molar refractivity (Wildman–Crippen MR) is 65.9 cm³/mol. The third kappa shape index (κ3) is 2.93. The fourth-order valence-electron chi connectivity index (χ4n) is 1.45. The topological polar surface area (TPSA) is 38.1 Å². The molecule has 0 unspecified atom stereocenters. The molecule has 84 valence electrons. The Balaban J connectivity index is 1.93. The largest absolute Gasteiger partial charge is 0.447 e. The highest BCUT2D eigenvalue weighted by atomic mass is 79.9. The van der Waals surface area contributed by atoms with Crippen LogP contribution in [-0.2, 0) is 6.54 Å². The van der Waals surface area contributed by atoms with Crippen molar-refractivity contribution in [3.8, 4) is 0 Å².